The number of carbonyl (C=O) groups excluding carboxylic acids is 2. The lowest BCUT2D eigenvalue weighted by atomic mass is 9.95. The van der Waals surface area contributed by atoms with Crippen LogP contribution in [-0.4, -0.2) is 32.1 Å². The Morgan fingerprint density at radius 2 is 2.05 bits per heavy atom. The Balaban J connectivity index is 2.20. The number of hydrogen-bond donors (Lipinski definition) is 1. The van der Waals surface area contributed by atoms with Crippen LogP contribution >= 0.6 is 0 Å². The van der Waals surface area contributed by atoms with Crippen molar-refractivity contribution >= 4 is 23.2 Å². The molecule has 1 N–H and O–H groups in total. The number of benzene rings is 1. The van der Waals surface area contributed by atoms with Crippen LogP contribution in [0.25, 0.3) is 0 Å². The first kappa shape index (κ1) is 15.5. The summed E-state index contributed by atoms with van der Waals surface area (Å²) in [6.07, 6.45) is 0.832. The van der Waals surface area contributed by atoms with E-state index in [2.05, 4.69) is 5.32 Å². The van der Waals surface area contributed by atoms with Gasteiger partial charge in [-0.15, -0.1) is 0 Å². The van der Waals surface area contributed by atoms with Gasteiger partial charge in [-0.05, 0) is 24.1 Å². The Labute approximate surface area is 125 Å². The number of hydrogen-bond acceptors (Lipinski definition) is 3. The van der Waals surface area contributed by atoms with E-state index >= 15 is 0 Å². The molecule has 0 radical (unpaired) electrons. The lowest BCUT2D eigenvalue weighted by Gasteiger charge is -2.20. The fourth-order valence-corrected chi connectivity index (χ4v) is 2.24. The summed E-state index contributed by atoms with van der Waals surface area (Å²) in [7, 11) is 1.51. The van der Waals surface area contributed by atoms with Crippen molar-refractivity contribution < 1.29 is 14.3 Å². The normalized spacial score (nSPS) is 14.0. The third-order valence-corrected chi connectivity index (χ3v) is 3.49. The minimum absolute atomic E-state index is 0.0461. The van der Waals surface area contributed by atoms with Gasteiger partial charge in [0.15, 0.2) is 0 Å². The lowest BCUT2D eigenvalue weighted by molar-refractivity contribution is -0.123. The number of carbonyl (C=O) groups is 2. The summed E-state index contributed by atoms with van der Waals surface area (Å²) < 4.78 is 4.91. The summed E-state index contributed by atoms with van der Waals surface area (Å²) in [5, 5.41) is 2.89. The van der Waals surface area contributed by atoms with Gasteiger partial charge in [0.05, 0.1) is 0 Å². The van der Waals surface area contributed by atoms with Crippen molar-refractivity contribution in [3.8, 4) is 0 Å². The molecular weight excluding hydrogens is 268 g/mol. The number of methoxy groups -OCH3 is 1. The lowest BCUT2D eigenvalue weighted by Crippen LogP contribution is -2.32. The number of anilines is 2. The van der Waals surface area contributed by atoms with E-state index in [1.807, 2.05) is 39.0 Å². The SMILES string of the molecule is COCC(=O)N1CCc2ccc(NC(=O)C(C)(C)C)cc21. The molecule has 5 heteroatoms. The second-order valence-electron chi connectivity index (χ2n) is 6.28. The first-order valence-electron chi connectivity index (χ1n) is 7.06. The van der Waals surface area contributed by atoms with Gasteiger partial charge in [0.2, 0.25) is 5.91 Å². The summed E-state index contributed by atoms with van der Waals surface area (Å²) in [5.41, 5.74) is 2.24. The molecule has 0 unspecified atom stereocenters. The Hall–Kier alpha value is -1.88. The van der Waals surface area contributed by atoms with E-state index in [-0.39, 0.29) is 18.4 Å². The van der Waals surface area contributed by atoms with E-state index in [0.29, 0.717) is 12.2 Å². The van der Waals surface area contributed by atoms with Gasteiger partial charge < -0.3 is 15.0 Å². The zero-order chi connectivity index (χ0) is 15.6. The van der Waals surface area contributed by atoms with Gasteiger partial charge in [0.1, 0.15) is 6.61 Å². The molecule has 0 atom stereocenters. The van der Waals surface area contributed by atoms with Gasteiger partial charge in [0, 0.05) is 30.4 Å². The fraction of sp³-hybridized carbons (Fsp3) is 0.500. The highest BCUT2D eigenvalue weighted by Gasteiger charge is 2.26. The smallest absolute Gasteiger partial charge is 0.252 e. The molecule has 0 spiro atoms. The minimum Gasteiger partial charge on any atom is -0.375 e. The van der Waals surface area contributed by atoms with Crippen molar-refractivity contribution in [2.45, 2.75) is 27.2 Å². The highest BCUT2D eigenvalue weighted by Crippen LogP contribution is 2.31. The molecule has 0 bridgehead atoms. The molecule has 2 amide bonds. The number of nitrogens with zero attached hydrogens (tertiary/aromatic N) is 1. The van der Waals surface area contributed by atoms with Gasteiger partial charge in [-0.25, -0.2) is 0 Å². The molecule has 2 rings (SSSR count). The van der Waals surface area contributed by atoms with Gasteiger partial charge in [-0.3, -0.25) is 9.59 Å². The Bertz CT molecular complexity index is 561. The third-order valence-electron chi connectivity index (χ3n) is 3.49. The maximum atomic E-state index is 12.0. The van der Waals surface area contributed by atoms with Crippen molar-refractivity contribution in [2.24, 2.45) is 5.41 Å². The van der Waals surface area contributed by atoms with Crippen LogP contribution in [0.2, 0.25) is 0 Å². The van der Waals surface area contributed by atoms with E-state index in [1.54, 1.807) is 4.90 Å². The zero-order valence-electron chi connectivity index (χ0n) is 13.0. The van der Waals surface area contributed by atoms with Crippen molar-refractivity contribution in [2.75, 3.05) is 30.5 Å². The molecule has 1 aromatic carbocycles. The molecule has 0 aliphatic carbocycles. The molecule has 0 fully saturated rings. The van der Waals surface area contributed by atoms with Crippen molar-refractivity contribution in [1.82, 2.24) is 0 Å². The van der Waals surface area contributed by atoms with Crippen LogP contribution in [0.3, 0.4) is 0 Å². The van der Waals surface area contributed by atoms with Gasteiger partial charge in [0.25, 0.3) is 5.91 Å². The summed E-state index contributed by atoms with van der Waals surface area (Å²) >= 11 is 0. The average molecular weight is 290 g/mol. The van der Waals surface area contributed by atoms with Crippen LogP contribution in [-0.2, 0) is 20.7 Å². The predicted octanol–water partition coefficient (Wildman–Crippen LogP) is 2.21. The van der Waals surface area contributed by atoms with Crippen LogP contribution in [0.4, 0.5) is 11.4 Å². The highest BCUT2D eigenvalue weighted by molar-refractivity contribution is 5.99. The molecule has 1 aromatic rings. The van der Waals surface area contributed by atoms with E-state index in [0.717, 1.165) is 17.7 Å². The first-order valence-corrected chi connectivity index (χ1v) is 7.06. The quantitative estimate of drug-likeness (QED) is 0.928. The van der Waals surface area contributed by atoms with E-state index in [9.17, 15) is 9.59 Å². The molecule has 0 aromatic heterocycles. The zero-order valence-corrected chi connectivity index (χ0v) is 13.0. The Morgan fingerprint density at radius 1 is 1.33 bits per heavy atom. The molecular formula is C16H22N2O3. The molecule has 0 saturated heterocycles. The summed E-state index contributed by atoms with van der Waals surface area (Å²) in [5.74, 6) is -0.106. The maximum Gasteiger partial charge on any atom is 0.252 e. The molecule has 1 aliphatic heterocycles. The number of amides is 2. The average Bonchev–Trinajstić information content (AvgIpc) is 2.81. The number of rotatable bonds is 3. The number of nitrogens with one attached hydrogen (secondary N) is 1. The van der Waals surface area contributed by atoms with Gasteiger partial charge in [-0.2, -0.15) is 0 Å². The Kier molecular flexibility index (Phi) is 4.32. The largest absolute Gasteiger partial charge is 0.375 e. The van der Waals surface area contributed by atoms with Crippen LogP contribution < -0.4 is 10.2 Å². The monoisotopic (exact) mass is 290 g/mol. The van der Waals surface area contributed by atoms with E-state index < -0.39 is 5.41 Å². The standard InChI is InChI=1S/C16H22N2O3/c1-16(2,3)15(20)17-12-6-5-11-7-8-18(13(11)9-12)14(19)10-21-4/h5-6,9H,7-8,10H2,1-4H3,(H,17,20). The van der Waals surface area contributed by atoms with Crippen LogP contribution in [0.1, 0.15) is 26.3 Å². The summed E-state index contributed by atoms with van der Waals surface area (Å²) in [6, 6.07) is 5.71. The number of ether oxygens (including phenoxy) is 1. The van der Waals surface area contributed by atoms with Crippen molar-refractivity contribution in [1.29, 1.82) is 0 Å². The molecule has 114 valence electrons. The first-order chi connectivity index (χ1) is 9.82. The summed E-state index contributed by atoms with van der Waals surface area (Å²) in [6.45, 7) is 6.32. The molecule has 21 heavy (non-hydrogen) atoms. The molecule has 1 heterocycles. The van der Waals surface area contributed by atoms with Crippen molar-refractivity contribution in [3.63, 3.8) is 0 Å². The second kappa shape index (κ2) is 5.85. The van der Waals surface area contributed by atoms with Crippen LogP contribution in [0, 0.1) is 5.41 Å². The second-order valence-corrected chi connectivity index (χ2v) is 6.28. The highest BCUT2D eigenvalue weighted by atomic mass is 16.5. The van der Waals surface area contributed by atoms with Gasteiger partial charge >= 0.3 is 0 Å². The third kappa shape index (κ3) is 3.42. The summed E-state index contributed by atoms with van der Waals surface area (Å²) in [4.78, 5) is 25.8. The maximum absolute atomic E-state index is 12.0. The predicted molar refractivity (Wildman–Crippen MR) is 82.5 cm³/mol. The van der Waals surface area contributed by atoms with Gasteiger partial charge in [-0.1, -0.05) is 26.8 Å². The number of fused-ring (bicyclic) bond motifs is 1. The fourth-order valence-electron chi connectivity index (χ4n) is 2.24. The molecule has 1 aliphatic rings. The topological polar surface area (TPSA) is 58.6 Å². The van der Waals surface area contributed by atoms with E-state index in [4.69, 9.17) is 4.74 Å². The molecule has 5 nitrogen and oxygen atoms in total. The van der Waals surface area contributed by atoms with E-state index in [1.165, 1.54) is 7.11 Å². The Morgan fingerprint density at radius 3 is 2.67 bits per heavy atom. The molecule has 0 saturated carbocycles. The van der Waals surface area contributed by atoms with Crippen molar-refractivity contribution in [3.05, 3.63) is 23.8 Å². The van der Waals surface area contributed by atoms with Crippen LogP contribution in [0.5, 0.6) is 0 Å². The van der Waals surface area contributed by atoms with Crippen LogP contribution in [0.15, 0.2) is 18.2 Å². The minimum atomic E-state index is -0.454.